The largest absolute Gasteiger partial charge is 0.0853 e. The van der Waals surface area contributed by atoms with Gasteiger partial charge < -0.3 is 0 Å². The highest BCUT2D eigenvalue weighted by Crippen LogP contribution is 2.11. The molecule has 0 saturated carbocycles. The van der Waals surface area contributed by atoms with Crippen LogP contribution >= 0.6 is 11.8 Å². The molecule has 0 unspecified atom stereocenters. The molecule has 68 valence electrons. The van der Waals surface area contributed by atoms with Crippen LogP contribution in [0.5, 0.6) is 0 Å². The average Bonchev–Trinajstić information content (AvgIpc) is 1.83. The molecule has 0 aliphatic rings. The van der Waals surface area contributed by atoms with Gasteiger partial charge in [0.15, 0.2) is 0 Å². The lowest BCUT2D eigenvalue weighted by atomic mass is 9.99. The summed E-state index contributed by atoms with van der Waals surface area (Å²) < 4.78 is 0. The molecule has 0 fully saturated rings. The van der Waals surface area contributed by atoms with E-state index in [0.717, 1.165) is 5.75 Å². The Bertz CT molecular complexity index is 203. The molecule has 12 heavy (non-hydrogen) atoms. The minimum absolute atomic E-state index is 0.137. The molecule has 0 spiro atoms. The van der Waals surface area contributed by atoms with Gasteiger partial charge in [0.05, 0.1) is 0 Å². The first-order valence-corrected chi connectivity index (χ1v) is 5.18. The molecule has 0 radical (unpaired) electrons. The van der Waals surface area contributed by atoms with Crippen molar-refractivity contribution >= 4 is 11.8 Å². The molecular formula is C11H18S. The number of hydrogen-bond acceptors (Lipinski definition) is 1. The Labute approximate surface area is 80.8 Å². The zero-order chi connectivity index (χ0) is 9.61. The van der Waals surface area contributed by atoms with Crippen molar-refractivity contribution in [2.75, 3.05) is 5.75 Å². The highest BCUT2D eigenvalue weighted by molar-refractivity contribution is 8.04. The molecule has 0 aromatic rings. The highest BCUT2D eigenvalue weighted by atomic mass is 32.2. The van der Waals surface area contributed by atoms with Crippen molar-refractivity contribution in [3.63, 3.8) is 0 Å². The molecule has 0 nitrogen and oxygen atoms in total. The van der Waals surface area contributed by atoms with Crippen molar-refractivity contribution in [3.05, 3.63) is 11.6 Å². The van der Waals surface area contributed by atoms with Gasteiger partial charge in [-0.25, -0.2) is 0 Å². The van der Waals surface area contributed by atoms with Crippen molar-refractivity contribution in [2.45, 2.75) is 34.6 Å². The van der Waals surface area contributed by atoms with Crippen LogP contribution < -0.4 is 0 Å². The van der Waals surface area contributed by atoms with Crippen molar-refractivity contribution in [1.82, 2.24) is 0 Å². The zero-order valence-corrected chi connectivity index (χ0v) is 9.51. The zero-order valence-electron chi connectivity index (χ0n) is 8.69. The van der Waals surface area contributed by atoms with Gasteiger partial charge in [-0.05, 0) is 39.9 Å². The second-order valence-electron chi connectivity index (χ2n) is 4.07. The average molecular weight is 182 g/mol. The summed E-state index contributed by atoms with van der Waals surface area (Å²) in [6.07, 6.45) is 2.20. The van der Waals surface area contributed by atoms with Crippen LogP contribution in [0.2, 0.25) is 0 Å². The minimum Gasteiger partial charge on any atom is -0.0853 e. The van der Waals surface area contributed by atoms with E-state index < -0.39 is 0 Å². The number of allylic oxidation sites excluding steroid dienone is 1. The third-order valence-corrected chi connectivity index (χ3v) is 1.65. The second-order valence-corrected chi connectivity index (χ2v) is 4.90. The first-order chi connectivity index (χ1) is 5.42. The minimum atomic E-state index is 0.137. The molecule has 0 atom stereocenters. The SMILES string of the molecule is CC(C)=CCSC#CC(C)(C)C. The quantitative estimate of drug-likeness (QED) is 0.356. The first-order valence-electron chi connectivity index (χ1n) is 4.19. The Balaban J connectivity index is 3.68. The van der Waals surface area contributed by atoms with E-state index in [2.05, 4.69) is 51.9 Å². The lowest BCUT2D eigenvalue weighted by molar-refractivity contribution is 0.571. The predicted molar refractivity (Wildman–Crippen MR) is 59.1 cm³/mol. The van der Waals surface area contributed by atoms with Crippen molar-refractivity contribution < 1.29 is 0 Å². The van der Waals surface area contributed by atoms with E-state index in [1.807, 2.05) is 0 Å². The molecule has 0 aromatic heterocycles. The summed E-state index contributed by atoms with van der Waals surface area (Å²) in [6, 6.07) is 0. The molecule has 0 saturated heterocycles. The molecule has 0 aliphatic heterocycles. The lowest BCUT2D eigenvalue weighted by Crippen LogP contribution is -1.98. The third-order valence-electron chi connectivity index (χ3n) is 1.07. The van der Waals surface area contributed by atoms with Gasteiger partial charge in [-0.1, -0.05) is 29.3 Å². The van der Waals surface area contributed by atoms with Gasteiger partial charge in [-0.3, -0.25) is 0 Å². The van der Waals surface area contributed by atoms with E-state index in [1.165, 1.54) is 5.57 Å². The molecule has 0 amide bonds. The summed E-state index contributed by atoms with van der Waals surface area (Å²) in [7, 11) is 0. The van der Waals surface area contributed by atoms with E-state index in [0.29, 0.717) is 0 Å². The number of rotatable bonds is 2. The van der Waals surface area contributed by atoms with Crippen molar-refractivity contribution in [2.24, 2.45) is 5.41 Å². The number of thioether (sulfide) groups is 1. The Morgan fingerprint density at radius 3 is 2.33 bits per heavy atom. The molecule has 0 aliphatic carbocycles. The predicted octanol–water partition coefficient (Wildman–Crippen LogP) is 3.69. The van der Waals surface area contributed by atoms with Crippen molar-refractivity contribution in [3.8, 4) is 11.2 Å². The highest BCUT2D eigenvalue weighted by Gasteiger charge is 2.02. The lowest BCUT2D eigenvalue weighted by Gasteiger charge is -2.06. The number of hydrogen-bond donors (Lipinski definition) is 0. The maximum Gasteiger partial charge on any atom is 0.0240 e. The normalized spacial score (nSPS) is 10.1. The standard InChI is InChI=1S/C11H18S/c1-10(2)6-8-12-9-7-11(3,4)5/h6H,8H2,1-5H3. The molecule has 0 aromatic carbocycles. The summed E-state index contributed by atoms with van der Waals surface area (Å²) in [5, 5.41) is 3.10. The topological polar surface area (TPSA) is 0 Å². The molecule has 0 bridgehead atoms. The maximum absolute atomic E-state index is 3.18. The monoisotopic (exact) mass is 182 g/mol. The van der Waals surface area contributed by atoms with Gasteiger partial charge in [0.2, 0.25) is 0 Å². The fourth-order valence-electron chi connectivity index (χ4n) is 0.439. The van der Waals surface area contributed by atoms with E-state index in [1.54, 1.807) is 11.8 Å². The molecular weight excluding hydrogens is 164 g/mol. The first kappa shape index (κ1) is 11.6. The fourth-order valence-corrected chi connectivity index (χ4v) is 1.32. The van der Waals surface area contributed by atoms with Crippen molar-refractivity contribution in [1.29, 1.82) is 0 Å². The summed E-state index contributed by atoms with van der Waals surface area (Å²) >= 11 is 1.67. The molecule has 1 heteroatoms. The summed E-state index contributed by atoms with van der Waals surface area (Å²) in [5.41, 5.74) is 1.50. The van der Waals surface area contributed by atoms with Crippen LogP contribution in [0.15, 0.2) is 11.6 Å². The Morgan fingerprint density at radius 2 is 1.92 bits per heavy atom. The molecule has 0 heterocycles. The third kappa shape index (κ3) is 9.65. The van der Waals surface area contributed by atoms with Gasteiger partial charge >= 0.3 is 0 Å². The Kier molecular flexibility index (Phi) is 5.17. The van der Waals surface area contributed by atoms with E-state index in [9.17, 15) is 0 Å². The fraction of sp³-hybridized carbons (Fsp3) is 0.636. The summed E-state index contributed by atoms with van der Waals surface area (Å²) in [5.74, 6) is 4.18. The van der Waals surface area contributed by atoms with Gasteiger partial charge in [0.1, 0.15) is 0 Å². The Hall–Kier alpha value is -0.350. The van der Waals surface area contributed by atoms with Crippen LogP contribution in [0.1, 0.15) is 34.6 Å². The molecule has 0 rings (SSSR count). The van der Waals surface area contributed by atoms with E-state index in [4.69, 9.17) is 0 Å². The van der Waals surface area contributed by atoms with Crippen LogP contribution in [0.25, 0.3) is 0 Å². The van der Waals surface area contributed by atoms with Crippen LogP contribution in [-0.2, 0) is 0 Å². The van der Waals surface area contributed by atoms with Crippen LogP contribution in [0.4, 0.5) is 0 Å². The summed E-state index contributed by atoms with van der Waals surface area (Å²) in [6.45, 7) is 10.6. The smallest absolute Gasteiger partial charge is 0.0240 e. The molecule has 0 N–H and O–H groups in total. The maximum atomic E-state index is 3.18. The van der Waals surface area contributed by atoms with Gasteiger partial charge in [0, 0.05) is 11.2 Å². The van der Waals surface area contributed by atoms with Gasteiger partial charge in [0.25, 0.3) is 0 Å². The van der Waals surface area contributed by atoms with Gasteiger partial charge in [-0.15, -0.1) is 0 Å². The Morgan fingerprint density at radius 1 is 1.33 bits per heavy atom. The van der Waals surface area contributed by atoms with E-state index >= 15 is 0 Å². The summed E-state index contributed by atoms with van der Waals surface area (Å²) in [4.78, 5) is 0. The van der Waals surface area contributed by atoms with Crippen LogP contribution in [0.3, 0.4) is 0 Å². The second kappa shape index (κ2) is 5.32. The van der Waals surface area contributed by atoms with Crippen LogP contribution in [0, 0.1) is 16.6 Å². The van der Waals surface area contributed by atoms with Crippen LogP contribution in [-0.4, -0.2) is 5.75 Å². The van der Waals surface area contributed by atoms with E-state index in [-0.39, 0.29) is 5.41 Å². The van der Waals surface area contributed by atoms with Gasteiger partial charge in [-0.2, -0.15) is 0 Å².